The van der Waals surface area contributed by atoms with Crippen molar-refractivity contribution in [1.29, 1.82) is 0 Å². The van der Waals surface area contributed by atoms with E-state index >= 15 is 0 Å². The molecule has 3 aromatic heterocycles. The first-order chi connectivity index (χ1) is 11.8. The average Bonchev–Trinajstić information content (AvgIpc) is 2.66. The first-order valence-electron chi connectivity index (χ1n) is 7.37. The molecule has 120 valence electrons. The normalized spacial score (nSPS) is 10.3. The zero-order valence-corrected chi connectivity index (χ0v) is 13.6. The molecule has 3 rings (SSSR count). The van der Waals surface area contributed by atoms with E-state index in [1.165, 1.54) is 11.8 Å². The summed E-state index contributed by atoms with van der Waals surface area (Å²) in [5.74, 6) is 0.232. The van der Waals surface area contributed by atoms with Gasteiger partial charge in [0.2, 0.25) is 0 Å². The van der Waals surface area contributed by atoms with Crippen molar-refractivity contribution < 1.29 is 9.53 Å². The lowest BCUT2D eigenvalue weighted by molar-refractivity contribution is 0.0462. The van der Waals surface area contributed by atoms with Crippen molar-refractivity contribution in [3.8, 4) is 0 Å². The fourth-order valence-corrected chi connectivity index (χ4v) is 2.89. The van der Waals surface area contributed by atoms with Gasteiger partial charge in [-0.15, -0.1) is 0 Å². The number of carbonyl (C=O) groups is 1. The van der Waals surface area contributed by atoms with Crippen LogP contribution in [0.1, 0.15) is 21.7 Å². The molecule has 6 heteroatoms. The molecule has 0 N–H and O–H groups in total. The van der Waals surface area contributed by atoms with Gasteiger partial charge >= 0.3 is 5.97 Å². The van der Waals surface area contributed by atoms with E-state index in [1.54, 1.807) is 30.7 Å². The van der Waals surface area contributed by atoms with Gasteiger partial charge in [0, 0.05) is 24.3 Å². The van der Waals surface area contributed by atoms with E-state index in [-0.39, 0.29) is 6.61 Å². The third kappa shape index (κ3) is 4.39. The highest BCUT2D eigenvalue weighted by Crippen LogP contribution is 2.24. The summed E-state index contributed by atoms with van der Waals surface area (Å²) in [6, 6.07) is 14.7. The van der Waals surface area contributed by atoms with E-state index < -0.39 is 5.97 Å². The minimum atomic E-state index is -0.405. The second-order valence-corrected chi connectivity index (χ2v) is 5.83. The highest BCUT2D eigenvalue weighted by molar-refractivity contribution is 7.98. The first kappa shape index (κ1) is 16.1. The van der Waals surface area contributed by atoms with Crippen LogP contribution in [0.4, 0.5) is 0 Å². The Balaban J connectivity index is 1.65. The Morgan fingerprint density at radius 3 is 2.29 bits per heavy atom. The molecule has 0 saturated carbocycles. The summed E-state index contributed by atoms with van der Waals surface area (Å²) >= 11 is 1.46. The van der Waals surface area contributed by atoms with Gasteiger partial charge in [-0.25, -0.2) is 9.78 Å². The van der Waals surface area contributed by atoms with E-state index in [0.29, 0.717) is 22.0 Å². The molecule has 24 heavy (non-hydrogen) atoms. The molecule has 3 aromatic rings. The standard InChI is InChI=1S/C18H15N3O2S/c22-18(23-12-14-6-1-3-9-19-14)16-8-5-11-21-17(16)24-13-15-7-2-4-10-20-15/h1-11H,12-13H2. The lowest BCUT2D eigenvalue weighted by atomic mass is 10.3. The van der Waals surface area contributed by atoms with Crippen molar-refractivity contribution in [2.24, 2.45) is 0 Å². The van der Waals surface area contributed by atoms with E-state index in [1.807, 2.05) is 36.4 Å². The van der Waals surface area contributed by atoms with Crippen molar-refractivity contribution in [3.05, 3.63) is 84.1 Å². The molecule has 0 atom stereocenters. The van der Waals surface area contributed by atoms with Gasteiger partial charge in [-0.05, 0) is 36.4 Å². The highest BCUT2D eigenvalue weighted by atomic mass is 32.2. The summed E-state index contributed by atoms with van der Waals surface area (Å²) in [4.78, 5) is 25.0. The third-order valence-corrected chi connectivity index (χ3v) is 4.19. The summed E-state index contributed by atoms with van der Waals surface area (Å²) in [6.45, 7) is 0.138. The molecule has 0 aliphatic heterocycles. The van der Waals surface area contributed by atoms with Gasteiger partial charge in [0.1, 0.15) is 11.6 Å². The topological polar surface area (TPSA) is 65.0 Å². The smallest absolute Gasteiger partial charge is 0.341 e. The Kier molecular flexibility index (Phi) is 5.52. The monoisotopic (exact) mass is 337 g/mol. The van der Waals surface area contributed by atoms with Crippen LogP contribution in [0.25, 0.3) is 0 Å². The molecular formula is C18H15N3O2S. The van der Waals surface area contributed by atoms with Crippen LogP contribution in [-0.2, 0) is 17.1 Å². The number of aromatic nitrogens is 3. The molecule has 0 unspecified atom stereocenters. The van der Waals surface area contributed by atoms with Crippen LogP contribution in [-0.4, -0.2) is 20.9 Å². The minimum Gasteiger partial charge on any atom is -0.456 e. The lowest BCUT2D eigenvalue weighted by Gasteiger charge is -2.08. The fraction of sp³-hybridized carbons (Fsp3) is 0.111. The van der Waals surface area contributed by atoms with E-state index in [0.717, 1.165) is 5.69 Å². The van der Waals surface area contributed by atoms with Gasteiger partial charge in [0.15, 0.2) is 0 Å². The molecule has 0 aliphatic carbocycles. The van der Waals surface area contributed by atoms with E-state index in [2.05, 4.69) is 15.0 Å². The van der Waals surface area contributed by atoms with Gasteiger partial charge < -0.3 is 4.74 Å². The maximum Gasteiger partial charge on any atom is 0.341 e. The molecule has 0 aromatic carbocycles. The molecule has 0 radical (unpaired) electrons. The van der Waals surface area contributed by atoms with Crippen LogP contribution < -0.4 is 0 Å². The van der Waals surface area contributed by atoms with Crippen LogP contribution in [0.3, 0.4) is 0 Å². The number of pyridine rings is 3. The van der Waals surface area contributed by atoms with Crippen LogP contribution in [0.5, 0.6) is 0 Å². The summed E-state index contributed by atoms with van der Waals surface area (Å²) in [6.07, 6.45) is 5.08. The minimum absolute atomic E-state index is 0.138. The van der Waals surface area contributed by atoms with Crippen molar-refractivity contribution in [3.63, 3.8) is 0 Å². The van der Waals surface area contributed by atoms with Crippen LogP contribution >= 0.6 is 11.8 Å². The summed E-state index contributed by atoms with van der Waals surface area (Å²) in [5, 5.41) is 0.633. The number of rotatable bonds is 6. The third-order valence-electron chi connectivity index (χ3n) is 3.15. The Bertz CT molecular complexity index is 798. The predicted octanol–water partition coefficient (Wildman–Crippen LogP) is 3.52. The second kappa shape index (κ2) is 8.21. The Morgan fingerprint density at radius 2 is 1.58 bits per heavy atom. The molecule has 5 nitrogen and oxygen atoms in total. The van der Waals surface area contributed by atoms with Gasteiger partial charge in [0.25, 0.3) is 0 Å². The number of hydrogen-bond donors (Lipinski definition) is 0. The van der Waals surface area contributed by atoms with Crippen LogP contribution in [0.15, 0.2) is 72.1 Å². The molecule has 0 saturated heterocycles. The van der Waals surface area contributed by atoms with Crippen molar-refractivity contribution >= 4 is 17.7 Å². The SMILES string of the molecule is O=C(OCc1ccccn1)c1cccnc1SCc1ccccn1. The number of esters is 1. The fourth-order valence-electron chi connectivity index (χ4n) is 1.99. The van der Waals surface area contributed by atoms with Gasteiger partial charge in [-0.3, -0.25) is 9.97 Å². The second-order valence-electron chi connectivity index (χ2n) is 4.86. The van der Waals surface area contributed by atoms with Gasteiger partial charge in [-0.1, -0.05) is 23.9 Å². The first-order valence-corrected chi connectivity index (χ1v) is 8.36. The quantitative estimate of drug-likeness (QED) is 0.506. The van der Waals surface area contributed by atoms with Crippen LogP contribution in [0.2, 0.25) is 0 Å². The molecule has 0 aliphatic rings. The van der Waals surface area contributed by atoms with Crippen LogP contribution in [0, 0.1) is 0 Å². The summed E-state index contributed by atoms with van der Waals surface area (Å²) in [7, 11) is 0. The van der Waals surface area contributed by atoms with Crippen molar-refractivity contribution in [1.82, 2.24) is 15.0 Å². The Labute approximate surface area is 144 Å². The summed E-state index contributed by atoms with van der Waals surface area (Å²) in [5.41, 5.74) is 2.09. The molecular weight excluding hydrogens is 322 g/mol. The molecule has 0 spiro atoms. The van der Waals surface area contributed by atoms with Crippen molar-refractivity contribution in [2.45, 2.75) is 17.4 Å². The average molecular weight is 337 g/mol. The van der Waals surface area contributed by atoms with E-state index in [9.17, 15) is 4.79 Å². The maximum atomic E-state index is 12.3. The Hall–Kier alpha value is -2.73. The van der Waals surface area contributed by atoms with E-state index in [4.69, 9.17) is 4.74 Å². The summed E-state index contributed by atoms with van der Waals surface area (Å²) < 4.78 is 5.34. The zero-order valence-electron chi connectivity index (χ0n) is 12.8. The maximum absolute atomic E-state index is 12.3. The largest absolute Gasteiger partial charge is 0.456 e. The lowest BCUT2D eigenvalue weighted by Crippen LogP contribution is -2.08. The van der Waals surface area contributed by atoms with Crippen molar-refractivity contribution in [2.75, 3.05) is 0 Å². The highest BCUT2D eigenvalue weighted by Gasteiger charge is 2.14. The number of hydrogen-bond acceptors (Lipinski definition) is 6. The predicted molar refractivity (Wildman–Crippen MR) is 91.4 cm³/mol. The zero-order chi connectivity index (χ0) is 16.6. The molecule has 3 heterocycles. The molecule has 0 amide bonds. The molecule has 0 bridgehead atoms. The Morgan fingerprint density at radius 1 is 0.875 bits per heavy atom. The number of nitrogens with zero attached hydrogens (tertiary/aromatic N) is 3. The molecule has 0 fully saturated rings. The number of carbonyl (C=O) groups excluding carboxylic acids is 1. The number of thioether (sulfide) groups is 1. The van der Waals surface area contributed by atoms with Gasteiger partial charge in [0.05, 0.1) is 17.0 Å². The van der Waals surface area contributed by atoms with Gasteiger partial charge in [-0.2, -0.15) is 0 Å². The number of ether oxygens (including phenoxy) is 1.